The first-order valence-electron chi connectivity index (χ1n) is 12.0. The average molecular weight is 501 g/mol. The van der Waals surface area contributed by atoms with Crippen LogP contribution in [0.4, 0.5) is 5.69 Å². The first kappa shape index (κ1) is 25.5. The summed E-state index contributed by atoms with van der Waals surface area (Å²) < 4.78 is 5.63. The van der Waals surface area contributed by atoms with Gasteiger partial charge in [0.25, 0.3) is 0 Å². The normalized spacial score (nSPS) is 17.6. The van der Waals surface area contributed by atoms with Crippen LogP contribution in [0.2, 0.25) is 5.02 Å². The van der Waals surface area contributed by atoms with Gasteiger partial charge in [0.1, 0.15) is 18.4 Å². The molecule has 0 bridgehead atoms. The zero-order valence-electron chi connectivity index (χ0n) is 20.4. The summed E-state index contributed by atoms with van der Waals surface area (Å²) in [5.41, 5.74) is 4.32. The number of ether oxygens (including phenoxy) is 1. The largest absolute Gasteiger partial charge is 0.491 e. The van der Waals surface area contributed by atoms with E-state index < -0.39 is 6.10 Å². The van der Waals surface area contributed by atoms with Crippen LogP contribution in [0.25, 0.3) is 0 Å². The lowest BCUT2D eigenvalue weighted by molar-refractivity contribution is 0.122. The summed E-state index contributed by atoms with van der Waals surface area (Å²) in [5, 5.41) is 29.3. The van der Waals surface area contributed by atoms with E-state index in [1.807, 2.05) is 60.7 Å². The number of rotatable bonds is 7. The maximum Gasteiger partial charge on any atom is 0.120 e. The molecule has 0 spiro atoms. The minimum atomic E-state index is -0.587. The molecular formula is C29H29ClN4O2. The van der Waals surface area contributed by atoms with Crippen LogP contribution >= 0.6 is 11.6 Å². The van der Waals surface area contributed by atoms with Crippen LogP contribution < -0.4 is 9.64 Å². The molecule has 0 saturated carbocycles. The topological polar surface area (TPSA) is 83.5 Å². The number of anilines is 1. The zero-order chi connectivity index (χ0) is 25.7. The first-order valence-corrected chi connectivity index (χ1v) is 12.4. The van der Waals surface area contributed by atoms with Gasteiger partial charge in [-0.1, -0.05) is 35.9 Å². The van der Waals surface area contributed by atoms with Crippen LogP contribution in [0.3, 0.4) is 0 Å². The SMILES string of the molecule is C[C@H](O)COc1ccc(N2CCN([C@H](C)c3ccc(C#N)cc3)C[C@H]2c2ccc(Cl)cc2)c(C#N)c1. The fourth-order valence-electron chi connectivity index (χ4n) is 4.62. The molecule has 1 heterocycles. The third-order valence-electron chi connectivity index (χ3n) is 6.63. The van der Waals surface area contributed by atoms with Gasteiger partial charge in [-0.2, -0.15) is 10.5 Å². The van der Waals surface area contributed by atoms with E-state index in [-0.39, 0.29) is 18.7 Å². The Kier molecular flexibility index (Phi) is 8.13. The second kappa shape index (κ2) is 11.5. The third kappa shape index (κ3) is 5.80. The monoisotopic (exact) mass is 500 g/mol. The van der Waals surface area contributed by atoms with Crippen molar-refractivity contribution < 1.29 is 9.84 Å². The smallest absolute Gasteiger partial charge is 0.120 e. The van der Waals surface area contributed by atoms with E-state index in [0.717, 1.165) is 36.4 Å². The molecule has 0 aliphatic carbocycles. The van der Waals surface area contributed by atoms with Crippen molar-refractivity contribution in [3.63, 3.8) is 0 Å². The predicted molar refractivity (Wildman–Crippen MR) is 141 cm³/mol. The number of benzene rings is 3. The van der Waals surface area contributed by atoms with Crippen molar-refractivity contribution in [2.45, 2.75) is 32.0 Å². The number of aliphatic hydroxyl groups excluding tert-OH is 1. The molecule has 1 N–H and O–H groups in total. The highest BCUT2D eigenvalue weighted by Gasteiger charge is 2.32. The van der Waals surface area contributed by atoms with Gasteiger partial charge in [0.2, 0.25) is 0 Å². The first-order chi connectivity index (χ1) is 17.4. The maximum absolute atomic E-state index is 9.94. The lowest BCUT2D eigenvalue weighted by atomic mass is 9.97. The van der Waals surface area contributed by atoms with Crippen LogP contribution in [0.1, 0.15) is 48.2 Å². The summed E-state index contributed by atoms with van der Waals surface area (Å²) in [6.07, 6.45) is -0.587. The van der Waals surface area contributed by atoms with Gasteiger partial charge in [-0.3, -0.25) is 4.90 Å². The number of piperazine rings is 1. The number of nitrogens with zero attached hydrogens (tertiary/aromatic N) is 4. The average Bonchev–Trinajstić information content (AvgIpc) is 2.91. The molecule has 36 heavy (non-hydrogen) atoms. The van der Waals surface area contributed by atoms with E-state index in [9.17, 15) is 10.4 Å². The van der Waals surface area contributed by atoms with Crippen LogP contribution in [-0.2, 0) is 0 Å². The van der Waals surface area contributed by atoms with E-state index >= 15 is 0 Å². The van der Waals surface area contributed by atoms with Crippen LogP contribution in [0.15, 0.2) is 66.7 Å². The molecule has 0 amide bonds. The molecule has 3 aromatic rings. The van der Waals surface area contributed by atoms with Crippen LogP contribution in [-0.4, -0.2) is 42.4 Å². The number of halogens is 1. The summed E-state index contributed by atoms with van der Waals surface area (Å²) in [7, 11) is 0. The molecule has 1 fully saturated rings. The number of hydrogen-bond acceptors (Lipinski definition) is 6. The minimum absolute atomic E-state index is 0.00757. The highest BCUT2D eigenvalue weighted by Crippen LogP contribution is 2.37. The van der Waals surface area contributed by atoms with E-state index in [0.29, 0.717) is 21.9 Å². The molecule has 0 unspecified atom stereocenters. The van der Waals surface area contributed by atoms with E-state index in [2.05, 4.69) is 28.9 Å². The molecule has 4 rings (SSSR count). The lowest BCUT2D eigenvalue weighted by Gasteiger charge is -2.45. The summed E-state index contributed by atoms with van der Waals surface area (Å²) in [6.45, 7) is 6.32. The van der Waals surface area contributed by atoms with E-state index in [4.69, 9.17) is 21.6 Å². The van der Waals surface area contributed by atoms with Gasteiger partial charge in [-0.25, -0.2) is 0 Å². The minimum Gasteiger partial charge on any atom is -0.491 e. The highest BCUT2D eigenvalue weighted by molar-refractivity contribution is 6.30. The van der Waals surface area contributed by atoms with Crippen LogP contribution in [0, 0.1) is 22.7 Å². The van der Waals surface area contributed by atoms with Gasteiger partial charge in [0.05, 0.1) is 35.0 Å². The Morgan fingerprint density at radius 1 is 1.00 bits per heavy atom. The van der Waals surface area contributed by atoms with Crippen LogP contribution in [0.5, 0.6) is 5.75 Å². The van der Waals surface area contributed by atoms with Gasteiger partial charge in [-0.15, -0.1) is 0 Å². The molecule has 1 aliphatic rings. The third-order valence-corrected chi connectivity index (χ3v) is 6.88. The molecule has 6 nitrogen and oxygen atoms in total. The van der Waals surface area contributed by atoms with Gasteiger partial charge in [-0.05, 0) is 67.4 Å². The molecule has 1 aliphatic heterocycles. The quantitative estimate of drug-likeness (QED) is 0.463. The van der Waals surface area contributed by atoms with Gasteiger partial charge < -0.3 is 14.7 Å². The van der Waals surface area contributed by atoms with Crippen molar-refractivity contribution in [1.82, 2.24) is 4.90 Å². The van der Waals surface area contributed by atoms with Crippen molar-refractivity contribution in [3.05, 3.63) is 94.0 Å². The maximum atomic E-state index is 9.94. The second-order valence-electron chi connectivity index (χ2n) is 9.12. The fraction of sp³-hybridized carbons (Fsp3) is 0.310. The lowest BCUT2D eigenvalue weighted by Crippen LogP contribution is -2.49. The Morgan fingerprint density at radius 2 is 1.72 bits per heavy atom. The Hall–Kier alpha value is -3.55. The standard InChI is InChI=1S/C29H29ClN4O2/c1-20(35)19-36-27-11-12-28(25(15-27)17-32)34-14-13-33(18-29(34)24-7-9-26(30)10-8-24)21(2)23-5-3-22(16-31)4-6-23/h3-12,15,20-21,29,35H,13-14,18-19H2,1-2H3/t20-,21+,29-/m0/s1. The van der Waals surface area contributed by atoms with Crippen molar-refractivity contribution >= 4 is 17.3 Å². The van der Waals surface area contributed by atoms with Crippen molar-refractivity contribution in [2.24, 2.45) is 0 Å². The Labute approximate surface area is 217 Å². The van der Waals surface area contributed by atoms with Crippen molar-refractivity contribution in [1.29, 1.82) is 10.5 Å². The fourth-order valence-corrected chi connectivity index (χ4v) is 4.75. The molecule has 3 aromatic carbocycles. The number of hydrogen-bond donors (Lipinski definition) is 1. The van der Waals surface area contributed by atoms with Crippen molar-refractivity contribution in [2.75, 3.05) is 31.1 Å². The van der Waals surface area contributed by atoms with Crippen molar-refractivity contribution in [3.8, 4) is 17.9 Å². The molecule has 184 valence electrons. The Bertz CT molecular complexity index is 1260. The summed E-state index contributed by atoms with van der Waals surface area (Å²) in [4.78, 5) is 4.71. The van der Waals surface area contributed by atoms with Gasteiger partial charge in [0, 0.05) is 30.7 Å². The summed E-state index contributed by atoms with van der Waals surface area (Å²) in [5.74, 6) is 0.562. The molecular weight excluding hydrogens is 472 g/mol. The molecule has 0 aromatic heterocycles. The van der Waals surface area contributed by atoms with E-state index in [1.165, 1.54) is 0 Å². The molecule has 0 radical (unpaired) electrons. The Morgan fingerprint density at radius 3 is 2.36 bits per heavy atom. The summed E-state index contributed by atoms with van der Waals surface area (Å²) >= 11 is 6.18. The molecule has 3 atom stereocenters. The molecule has 1 saturated heterocycles. The predicted octanol–water partition coefficient (Wildman–Crippen LogP) is 5.47. The Balaban J connectivity index is 1.64. The van der Waals surface area contributed by atoms with Gasteiger partial charge >= 0.3 is 0 Å². The number of aliphatic hydroxyl groups is 1. The van der Waals surface area contributed by atoms with E-state index in [1.54, 1.807) is 13.0 Å². The zero-order valence-corrected chi connectivity index (χ0v) is 21.2. The summed E-state index contributed by atoms with van der Waals surface area (Å²) in [6, 6.07) is 25.8. The van der Waals surface area contributed by atoms with Gasteiger partial charge in [0.15, 0.2) is 0 Å². The number of nitriles is 2. The highest BCUT2D eigenvalue weighted by atomic mass is 35.5. The molecule has 7 heteroatoms. The second-order valence-corrected chi connectivity index (χ2v) is 9.55.